The van der Waals surface area contributed by atoms with E-state index in [0.29, 0.717) is 78.9 Å². The summed E-state index contributed by atoms with van der Waals surface area (Å²) >= 11 is 0. The van der Waals surface area contributed by atoms with Gasteiger partial charge in [-0.25, -0.2) is 14.4 Å². The Morgan fingerprint density at radius 2 is 0.630 bits per heavy atom. The molecule has 5 aromatic carbocycles. The number of nitrogens with zero attached hydrogens (tertiary/aromatic N) is 2. The summed E-state index contributed by atoms with van der Waals surface area (Å²) in [6, 6.07) is 34.1. The lowest BCUT2D eigenvalue weighted by Crippen LogP contribution is -2.48. The number of benzene rings is 5. The van der Waals surface area contributed by atoms with Gasteiger partial charge < -0.3 is 33.5 Å². The molecule has 0 atom stereocenters. The first-order chi connectivity index (χ1) is 35.8. The molecule has 1 aliphatic rings. The van der Waals surface area contributed by atoms with E-state index >= 15 is 0 Å². The zero-order valence-corrected chi connectivity index (χ0v) is 43.5. The van der Waals surface area contributed by atoms with Gasteiger partial charge in [-0.15, -0.1) is 0 Å². The van der Waals surface area contributed by atoms with Crippen molar-refractivity contribution < 1.29 is 42.9 Å². The highest BCUT2D eigenvalue weighted by molar-refractivity contribution is 5.95. The zero-order chi connectivity index (χ0) is 51.3. The van der Waals surface area contributed by atoms with Crippen LogP contribution in [0.15, 0.2) is 121 Å². The minimum atomic E-state index is -0.539. The lowest BCUT2D eigenvalue weighted by molar-refractivity contribution is 0.0722. The molecule has 1 aliphatic heterocycles. The molecule has 11 heteroatoms. The number of hydrogen-bond acceptors (Lipinski definition) is 10. The van der Waals surface area contributed by atoms with Crippen molar-refractivity contribution in [2.45, 2.75) is 142 Å². The lowest BCUT2D eigenvalue weighted by Gasteiger charge is -2.36. The summed E-state index contributed by atoms with van der Waals surface area (Å²) < 4.78 is 28.6. The predicted octanol–water partition coefficient (Wildman–Crippen LogP) is 14.9. The van der Waals surface area contributed by atoms with Crippen molar-refractivity contribution in [2.24, 2.45) is 0 Å². The number of carbonyl (C=O) groups excluding carboxylic acids is 4. The van der Waals surface area contributed by atoms with Gasteiger partial charge in [0.1, 0.15) is 28.7 Å². The maximum absolute atomic E-state index is 13.4. The number of rotatable bonds is 32. The zero-order valence-electron chi connectivity index (χ0n) is 43.5. The van der Waals surface area contributed by atoms with Crippen LogP contribution in [0.5, 0.6) is 28.7 Å². The summed E-state index contributed by atoms with van der Waals surface area (Å²) in [5, 5.41) is 0. The second-order valence-corrected chi connectivity index (χ2v) is 19.1. The molecule has 0 radical (unpaired) electrons. The minimum absolute atomic E-state index is 0.0930. The summed E-state index contributed by atoms with van der Waals surface area (Å²) in [4.78, 5) is 56.1. The summed E-state index contributed by atoms with van der Waals surface area (Å²) in [7, 11) is 0. The fourth-order valence-electron chi connectivity index (χ4n) is 8.83. The van der Waals surface area contributed by atoms with Gasteiger partial charge in [0, 0.05) is 37.4 Å². The minimum Gasteiger partial charge on any atom is -0.494 e. The smallest absolute Gasteiger partial charge is 0.343 e. The Morgan fingerprint density at radius 3 is 0.973 bits per heavy atom. The summed E-state index contributed by atoms with van der Waals surface area (Å²) in [5.74, 6) is 0.889. The third-order valence-corrected chi connectivity index (χ3v) is 13.3. The van der Waals surface area contributed by atoms with Crippen LogP contribution in [0.3, 0.4) is 0 Å². The average molecular weight is 995 g/mol. The van der Waals surface area contributed by atoms with Crippen LogP contribution in [0.1, 0.15) is 184 Å². The molecular weight excluding hydrogens is 917 g/mol. The molecule has 0 N–H and O–H groups in total. The van der Waals surface area contributed by atoms with E-state index < -0.39 is 17.9 Å². The Bertz CT molecular complexity index is 2380. The SMILES string of the molecule is CCCCCCCCCCCCOc1ccc(C(=O)Oc2ccc(C(=O)Oc3ccc(N4CCN(C(=O)c5ccc(OC(=O)c6ccc(OCCCCCCCCCCCC)cc6)cc5)CC4)cc3)cc2)cc1. The van der Waals surface area contributed by atoms with Gasteiger partial charge in [0.05, 0.1) is 29.9 Å². The van der Waals surface area contributed by atoms with E-state index in [1.807, 2.05) is 17.0 Å². The molecule has 1 saturated heterocycles. The molecule has 73 heavy (non-hydrogen) atoms. The quantitative estimate of drug-likeness (QED) is 0.0234. The Balaban J connectivity index is 0.837. The number of carbonyl (C=O) groups is 4. The van der Waals surface area contributed by atoms with E-state index in [0.717, 1.165) is 42.9 Å². The fourth-order valence-corrected chi connectivity index (χ4v) is 8.83. The lowest BCUT2D eigenvalue weighted by atomic mass is 10.1. The second kappa shape index (κ2) is 31.8. The maximum Gasteiger partial charge on any atom is 0.343 e. The number of unbranched alkanes of at least 4 members (excludes halogenated alkanes) is 18. The van der Waals surface area contributed by atoms with Gasteiger partial charge in [-0.05, 0) is 134 Å². The molecule has 5 aromatic rings. The van der Waals surface area contributed by atoms with Crippen molar-refractivity contribution in [3.05, 3.63) is 144 Å². The standard InChI is InChI=1S/C62H78N2O9/c1-3-5-7-9-11-13-15-17-19-21-47-69-54-33-25-50(26-34-54)60(66)71-56-37-23-49(24-38-56)59(65)64-45-43-63(44-46-64)53-31-41-58(42-32-53)73-62(68)52-29-39-57(40-30-52)72-61(67)51-27-35-55(36-28-51)70-48-22-20-18-16-14-12-10-8-6-4-2/h23-42H,3-22,43-48H2,1-2H3. The molecule has 0 aliphatic carbocycles. The van der Waals surface area contributed by atoms with Crippen LogP contribution in [0.25, 0.3) is 0 Å². The molecule has 1 heterocycles. The van der Waals surface area contributed by atoms with Crippen molar-refractivity contribution in [2.75, 3.05) is 44.3 Å². The predicted molar refractivity (Wildman–Crippen MR) is 290 cm³/mol. The van der Waals surface area contributed by atoms with Crippen LogP contribution >= 0.6 is 0 Å². The van der Waals surface area contributed by atoms with Gasteiger partial charge in [0.25, 0.3) is 5.91 Å². The molecule has 6 rings (SSSR count). The van der Waals surface area contributed by atoms with Crippen LogP contribution in [0.2, 0.25) is 0 Å². The van der Waals surface area contributed by atoms with E-state index in [4.69, 9.17) is 23.7 Å². The molecule has 390 valence electrons. The third-order valence-electron chi connectivity index (χ3n) is 13.3. The van der Waals surface area contributed by atoms with Crippen molar-refractivity contribution in [1.82, 2.24) is 4.90 Å². The van der Waals surface area contributed by atoms with Crippen molar-refractivity contribution >= 4 is 29.5 Å². The van der Waals surface area contributed by atoms with E-state index in [-0.39, 0.29) is 5.91 Å². The topological polar surface area (TPSA) is 121 Å². The van der Waals surface area contributed by atoms with Gasteiger partial charge in [-0.2, -0.15) is 0 Å². The number of anilines is 1. The Labute approximate surface area is 434 Å². The van der Waals surface area contributed by atoms with Gasteiger partial charge in [0.2, 0.25) is 0 Å². The fraction of sp³-hybridized carbons (Fsp3) is 0.452. The molecule has 0 aromatic heterocycles. The van der Waals surface area contributed by atoms with Crippen molar-refractivity contribution in [3.63, 3.8) is 0 Å². The van der Waals surface area contributed by atoms with Crippen LogP contribution < -0.4 is 28.6 Å². The highest BCUT2D eigenvalue weighted by Gasteiger charge is 2.23. The number of hydrogen-bond donors (Lipinski definition) is 0. The van der Waals surface area contributed by atoms with Gasteiger partial charge in [-0.1, -0.05) is 129 Å². The molecule has 11 nitrogen and oxygen atoms in total. The highest BCUT2D eigenvalue weighted by Crippen LogP contribution is 2.25. The highest BCUT2D eigenvalue weighted by atomic mass is 16.5. The largest absolute Gasteiger partial charge is 0.494 e. The average Bonchev–Trinajstić information content (AvgIpc) is 3.42. The van der Waals surface area contributed by atoms with Crippen LogP contribution in [0, 0.1) is 0 Å². The van der Waals surface area contributed by atoms with Gasteiger partial charge in [0.15, 0.2) is 0 Å². The molecule has 0 saturated carbocycles. The van der Waals surface area contributed by atoms with Crippen LogP contribution in [-0.4, -0.2) is 68.1 Å². The van der Waals surface area contributed by atoms with Gasteiger partial charge >= 0.3 is 17.9 Å². The maximum atomic E-state index is 13.4. The Morgan fingerprint density at radius 1 is 0.342 bits per heavy atom. The first-order valence-electron chi connectivity index (χ1n) is 27.3. The molecule has 1 amide bonds. The molecular formula is C62H78N2O9. The summed E-state index contributed by atoms with van der Waals surface area (Å²) in [5.41, 5.74) is 2.59. The monoisotopic (exact) mass is 995 g/mol. The summed E-state index contributed by atoms with van der Waals surface area (Å²) in [6.45, 7) is 8.11. The Hall–Kier alpha value is -6.62. The van der Waals surface area contributed by atoms with E-state index in [1.54, 1.807) is 109 Å². The molecule has 0 spiro atoms. The summed E-state index contributed by atoms with van der Waals surface area (Å²) in [6.07, 6.45) is 25.5. The van der Waals surface area contributed by atoms with Crippen molar-refractivity contribution in [3.8, 4) is 28.7 Å². The normalized spacial score (nSPS) is 12.3. The second-order valence-electron chi connectivity index (χ2n) is 19.1. The molecule has 0 unspecified atom stereocenters. The molecule has 1 fully saturated rings. The van der Waals surface area contributed by atoms with Crippen LogP contribution in [0.4, 0.5) is 5.69 Å². The van der Waals surface area contributed by atoms with Gasteiger partial charge in [-0.3, -0.25) is 4.79 Å². The van der Waals surface area contributed by atoms with E-state index in [1.165, 1.54) is 103 Å². The Kier molecular flexibility index (Phi) is 24.2. The van der Waals surface area contributed by atoms with Crippen molar-refractivity contribution in [1.29, 1.82) is 0 Å². The number of ether oxygens (including phenoxy) is 5. The first-order valence-corrected chi connectivity index (χ1v) is 27.3. The third kappa shape index (κ3) is 19.7. The van der Waals surface area contributed by atoms with Crippen LogP contribution in [-0.2, 0) is 0 Å². The first kappa shape index (κ1) is 55.7. The number of esters is 3. The molecule has 0 bridgehead atoms. The number of amides is 1. The number of piperazine rings is 1. The van der Waals surface area contributed by atoms with E-state index in [2.05, 4.69) is 18.7 Å². The van der Waals surface area contributed by atoms with E-state index in [9.17, 15) is 19.2 Å².